The minimum Gasteiger partial charge on any atom is -0.454 e. The Bertz CT molecular complexity index is 885. The van der Waals surface area contributed by atoms with E-state index >= 15 is 0 Å². The Morgan fingerprint density at radius 1 is 1.07 bits per heavy atom. The Labute approximate surface area is 162 Å². The van der Waals surface area contributed by atoms with E-state index in [0.29, 0.717) is 6.42 Å². The summed E-state index contributed by atoms with van der Waals surface area (Å²) in [6.07, 6.45) is 1.71. The lowest BCUT2D eigenvalue weighted by Crippen LogP contribution is -2.33. The van der Waals surface area contributed by atoms with E-state index in [9.17, 15) is 9.59 Å². The van der Waals surface area contributed by atoms with Crippen molar-refractivity contribution in [3.8, 4) is 0 Å². The summed E-state index contributed by atoms with van der Waals surface area (Å²) in [6.45, 7) is 1.50. The monoisotopic (exact) mass is 379 g/mol. The Hall–Kier alpha value is -3.55. The van der Waals surface area contributed by atoms with Crippen LogP contribution in [0.2, 0.25) is 0 Å². The fourth-order valence-electron chi connectivity index (χ4n) is 2.77. The predicted molar refractivity (Wildman–Crippen MR) is 101 cm³/mol. The average molecular weight is 379 g/mol. The van der Waals surface area contributed by atoms with Crippen molar-refractivity contribution in [2.75, 3.05) is 6.61 Å². The molecule has 28 heavy (non-hydrogen) atoms. The van der Waals surface area contributed by atoms with Gasteiger partial charge in [0.1, 0.15) is 6.33 Å². The summed E-state index contributed by atoms with van der Waals surface area (Å²) in [5, 5.41) is 13.8. The molecular formula is C20H21N5O3. The standard InChI is InChI=1S/C20H21N5O3/c1-15(17-10-6-3-7-11-17)22-19(26)13-28-20(27)18(25-14-21-23-24-25)12-16-8-4-2-5-9-16/h2-11,14-15,18H,12-13H2,1H3,(H,22,26)/t15-,18-/m0/s1. The van der Waals surface area contributed by atoms with Gasteiger partial charge in [-0.15, -0.1) is 5.10 Å². The smallest absolute Gasteiger partial charge is 0.331 e. The molecule has 144 valence electrons. The van der Waals surface area contributed by atoms with Crippen molar-refractivity contribution in [3.63, 3.8) is 0 Å². The Balaban J connectivity index is 1.58. The molecule has 1 heterocycles. The second-order valence-corrected chi connectivity index (χ2v) is 6.30. The van der Waals surface area contributed by atoms with Crippen LogP contribution >= 0.6 is 0 Å². The van der Waals surface area contributed by atoms with Gasteiger partial charge in [-0.1, -0.05) is 60.7 Å². The number of carbonyl (C=O) groups is 2. The molecular weight excluding hydrogens is 358 g/mol. The minimum absolute atomic E-state index is 0.188. The zero-order valence-electron chi connectivity index (χ0n) is 15.4. The number of tetrazole rings is 1. The number of amides is 1. The van der Waals surface area contributed by atoms with Crippen molar-refractivity contribution in [1.82, 2.24) is 25.5 Å². The van der Waals surface area contributed by atoms with Crippen molar-refractivity contribution in [2.45, 2.75) is 25.4 Å². The van der Waals surface area contributed by atoms with Gasteiger partial charge in [0.25, 0.3) is 5.91 Å². The summed E-state index contributed by atoms with van der Waals surface area (Å²) in [5.74, 6) is -0.946. The molecule has 3 aromatic rings. The van der Waals surface area contributed by atoms with E-state index < -0.39 is 12.0 Å². The largest absolute Gasteiger partial charge is 0.454 e. The zero-order valence-corrected chi connectivity index (χ0v) is 15.4. The highest BCUT2D eigenvalue weighted by Gasteiger charge is 2.25. The van der Waals surface area contributed by atoms with Gasteiger partial charge in [-0.25, -0.2) is 9.48 Å². The van der Waals surface area contributed by atoms with Gasteiger partial charge in [-0.2, -0.15) is 0 Å². The summed E-state index contributed by atoms with van der Waals surface area (Å²) >= 11 is 0. The number of nitrogens with zero attached hydrogens (tertiary/aromatic N) is 4. The van der Waals surface area contributed by atoms with E-state index in [-0.39, 0.29) is 18.6 Å². The molecule has 0 spiro atoms. The summed E-state index contributed by atoms with van der Waals surface area (Å²) in [6, 6.07) is 18.1. The van der Waals surface area contributed by atoms with Crippen molar-refractivity contribution in [2.24, 2.45) is 0 Å². The third kappa shape index (κ3) is 5.23. The van der Waals surface area contributed by atoms with Crippen molar-refractivity contribution in [3.05, 3.63) is 78.1 Å². The maximum atomic E-state index is 12.6. The van der Waals surface area contributed by atoms with Gasteiger partial charge in [-0.05, 0) is 28.5 Å². The first-order valence-corrected chi connectivity index (χ1v) is 8.91. The molecule has 0 radical (unpaired) electrons. The van der Waals surface area contributed by atoms with Gasteiger partial charge >= 0.3 is 5.97 Å². The second kappa shape index (κ2) is 9.40. The number of hydrogen-bond acceptors (Lipinski definition) is 6. The van der Waals surface area contributed by atoms with Gasteiger partial charge in [0.05, 0.1) is 6.04 Å². The molecule has 0 saturated carbocycles. The van der Waals surface area contributed by atoms with Gasteiger partial charge in [0, 0.05) is 6.42 Å². The second-order valence-electron chi connectivity index (χ2n) is 6.30. The molecule has 0 unspecified atom stereocenters. The maximum Gasteiger partial charge on any atom is 0.331 e. The summed E-state index contributed by atoms with van der Waals surface area (Å²) in [5.41, 5.74) is 1.90. The number of carbonyl (C=O) groups excluding carboxylic acids is 2. The number of esters is 1. The van der Waals surface area contributed by atoms with Crippen LogP contribution in [0.1, 0.15) is 30.1 Å². The highest BCUT2D eigenvalue weighted by molar-refractivity contribution is 5.82. The predicted octanol–water partition coefficient (Wildman–Crippen LogP) is 1.88. The van der Waals surface area contributed by atoms with Crippen LogP contribution in [0.3, 0.4) is 0 Å². The summed E-state index contributed by atoms with van der Waals surface area (Å²) in [4.78, 5) is 24.8. The third-order valence-electron chi connectivity index (χ3n) is 4.25. The van der Waals surface area contributed by atoms with Crippen LogP contribution in [0.4, 0.5) is 0 Å². The number of hydrogen-bond donors (Lipinski definition) is 1. The van der Waals surface area contributed by atoms with Crippen LogP contribution < -0.4 is 5.32 Å². The van der Waals surface area contributed by atoms with Crippen LogP contribution in [0, 0.1) is 0 Å². The first-order chi connectivity index (χ1) is 13.6. The molecule has 8 heteroatoms. The Kier molecular flexibility index (Phi) is 6.46. The van der Waals surface area contributed by atoms with Crippen LogP contribution in [-0.2, 0) is 20.7 Å². The normalized spacial score (nSPS) is 12.8. The van der Waals surface area contributed by atoms with E-state index in [1.165, 1.54) is 11.0 Å². The number of nitrogens with one attached hydrogen (secondary N) is 1. The molecule has 1 N–H and O–H groups in total. The Morgan fingerprint density at radius 3 is 2.39 bits per heavy atom. The van der Waals surface area contributed by atoms with Gasteiger partial charge in [0.15, 0.2) is 12.6 Å². The zero-order chi connectivity index (χ0) is 19.8. The van der Waals surface area contributed by atoms with E-state index in [1.54, 1.807) is 0 Å². The lowest BCUT2D eigenvalue weighted by molar-refractivity contribution is -0.152. The van der Waals surface area contributed by atoms with E-state index in [1.807, 2.05) is 67.6 Å². The number of ether oxygens (including phenoxy) is 1. The van der Waals surface area contributed by atoms with Crippen LogP contribution in [0.15, 0.2) is 67.0 Å². The topological polar surface area (TPSA) is 99.0 Å². The summed E-state index contributed by atoms with van der Waals surface area (Å²) in [7, 11) is 0. The lowest BCUT2D eigenvalue weighted by Gasteiger charge is -2.17. The molecule has 0 saturated heterocycles. The van der Waals surface area contributed by atoms with Crippen LogP contribution in [0.5, 0.6) is 0 Å². The SMILES string of the molecule is C[C@H](NC(=O)COC(=O)[C@H](Cc1ccccc1)n1cnnn1)c1ccccc1. The van der Waals surface area contributed by atoms with Crippen molar-refractivity contribution >= 4 is 11.9 Å². The molecule has 3 rings (SSSR count). The first kappa shape index (κ1) is 19.2. The van der Waals surface area contributed by atoms with Crippen LogP contribution in [0.25, 0.3) is 0 Å². The van der Waals surface area contributed by atoms with Gasteiger partial charge < -0.3 is 10.1 Å². The first-order valence-electron chi connectivity index (χ1n) is 8.91. The highest BCUT2D eigenvalue weighted by atomic mass is 16.5. The van der Waals surface area contributed by atoms with E-state index in [0.717, 1.165) is 11.1 Å². The number of aromatic nitrogens is 4. The summed E-state index contributed by atoms with van der Waals surface area (Å²) < 4.78 is 6.56. The average Bonchev–Trinajstić information content (AvgIpc) is 3.26. The molecule has 2 aromatic carbocycles. The number of benzene rings is 2. The van der Waals surface area contributed by atoms with E-state index in [2.05, 4.69) is 20.8 Å². The molecule has 0 bridgehead atoms. The van der Waals surface area contributed by atoms with Crippen molar-refractivity contribution in [1.29, 1.82) is 0 Å². The fourth-order valence-corrected chi connectivity index (χ4v) is 2.77. The number of rotatable bonds is 8. The van der Waals surface area contributed by atoms with Crippen molar-refractivity contribution < 1.29 is 14.3 Å². The molecule has 0 aliphatic heterocycles. The molecule has 0 aliphatic rings. The minimum atomic E-state index is -0.753. The highest BCUT2D eigenvalue weighted by Crippen LogP contribution is 2.15. The van der Waals surface area contributed by atoms with Gasteiger partial charge in [0.2, 0.25) is 0 Å². The maximum absolute atomic E-state index is 12.6. The lowest BCUT2D eigenvalue weighted by atomic mass is 10.1. The molecule has 1 aromatic heterocycles. The van der Waals surface area contributed by atoms with Crippen LogP contribution in [-0.4, -0.2) is 38.7 Å². The molecule has 0 aliphatic carbocycles. The molecule has 2 atom stereocenters. The van der Waals surface area contributed by atoms with Gasteiger partial charge in [-0.3, -0.25) is 4.79 Å². The molecule has 0 fully saturated rings. The molecule has 1 amide bonds. The molecule has 8 nitrogen and oxygen atoms in total. The quantitative estimate of drug-likeness (QED) is 0.600. The van der Waals surface area contributed by atoms with E-state index in [4.69, 9.17) is 4.74 Å². The third-order valence-corrected chi connectivity index (χ3v) is 4.25. The Morgan fingerprint density at radius 2 is 1.75 bits per heavy atom. The fraction of sp³-hybridized carbons (Fsp3) is 0.250.